The number of hydrogen-bond donors (Lipinski definition) is 3. The summed E-state index contributed by atoms with van der Waals surface area (Å²) in [6.07, 6.45) is -0.928. The van der Waals surface area contributed by atoms with Crippen molar-refractivity contribution in [3.8, 4) is 0 Å². The van der Waals surface area contributed by atoms with Gasteiger partial charge >= 0.3 is 0 Å². The first-order chi connectivity index (χ1) is 7.04. The third-order valence-electron chi connectivity index (χ3n) is 1.99. The molecule has 1 unspecified atom stereocenters. The number of carbonyl (C=O) groups is 1. The van der Waals surface area contributed by atoms with E-state index in [1.807, 2.05) is 0 Å². The molecule has 0 aliphatic rings. The second kappa shape index (κ2) is 4.95. The van der Waals surface area contributed by atoms with E-state index in [2.05, 4.69) is 5.32 Å². The van der Waals surface area contributed by atoms with Crippen LogP contribution in [0.3, 0.4) is 0 Å². The topological polar surface area (TPSA) is 82.7 Å². The van der Waals surface area contributed by atoms with Crippen LogP contribution in [-0.2, 0) is 0 Å². The number of hydrogen-bond acceptors (Lipinski definition) is 4. The van der Waals surface area contributed by atoms with Crippen LogP contribution < -0.4 is 5.32 Å². The Morgan fingerprint density at radius 1 is 1.60 bits per heavy atom. The summed E-state index contributed by atoms with van der Waals surface area (Å²) in [6.45, 7) is 3.11. The SMILES string of the molecule is Cc1cc(C(=O)NCC(O)CO)c(C)o1. The molecule has 0 aliphatic carbocycles. The number of furan rings is 1. The number of aliphatic hydroxyl groups is 2. The van der Waals surface area contributed by atoms with E-state index in [1.54, 1.807) is 19.9 Å². The van der Waals surface area contributed by atoms with Crippen molar-refractivity contribution in [1.82, 2.24) is 5.32 Å². The van der Waals surface area contributed by atoms with Gasteiger partial charge in [0.25, 0.3) is 5.91 Å². The highest BCUT2D eigenvalue weighted by Gasteiger charge is 2.13. The highest BCUT2D eigenvalue weighted by atomic mass is 16.3. The van der Waals surface area contributed by atoms with Gasteiger partial charge in [0.15, 0.2) is 0 Å². The van der Waals surface area contributed by atoms with E-state index in [0.29, 0.717) is 17.1 Å². The van der Waals surface area contributed by atoms with Crippen molar-refractivity contribution in [2.45, 2.75) is 20.0 Å². The van der Waals surface area contributed by atoms with Gasteiger partial charge in [-0.05, 0) is 19.9 Å². The molecule has 3 N–H and O–H groups in total. The molecular weight excluding hydrogens is 198 g/mol. The van der Waals surface area contributed by atoms with Crippen molar-refractivity contribution < 1.29 is 19.4 Å². The van der Waals surface area contributed by atoms with Gasteiger partial charge in [-0.3, -0.25) is 4.79 Å². The molecule has 0 saturated carbocycles. The fraction of sp³-hybridized carbons (Fsp3) is 0.500. The summed E-state index contributed by atoms with van der Waals surface area (Å²) in [6, 6.07) is 1.63. The normalized spacial score (nSPS) is 12.5. The molecule has 0 aliphatic heterocycles. The summed E-state index contributed by atoms with van der Waals surface area (Å²) in [4.78, 5) is 11.5. The zero-order valence-corrected chi connectivity index (χ0v) is 8.78. The van der Waals surface area contributed by atoms with Crippen molar-refractivity contribution >= 4 is 5.91 Å². The van der Waals surface area contributed by atoms with Crippen LogP contribution in [0.5, 0.6) is 0 Å². The predicted octanol–water partition coefficient (Wildman–Crippen LogP) is -0.0206. The Hall–Kier alpha value is -1.33. The van der Waals surface area contributed by atoms with E-state index < -0.39 is 6.10 Å². The predicted molar refractivity (Wildman–Crippen MR) is 53.6 cm³/mol. The van der Waals surface area contributed by atoms with Gasteiger partial charge in [-0.15, -0.1) is 0 Å². The summed E-state index contributed by atoms with van der Waals surface area (Å²) >= 11 is 0. The largest absolute Gasteiger partial charge is 0.466 e. The Labute approximate surface area is 87.7 Å². The number of carbonyl (C=O) groups excluding carboxylic acids is 1. The third-order valence-corrected chi connectivity index (χ3v) is 1.99. The van der Waals surface area contributed by atoms with Crippen molar-refractivity contribution in [3.63, 3.8) is 0 Å². The molecule has 0 fully saturated rings. The van der Waals surface area contributed by atoms with Crippen LogP contribution in [0.1, 0.15) is 21.9 Å². The highest BCUT2D eigenvalue weighted by Crippen LogP contribution is 2.13. The molecule has 5 heteroatoms. The van der Waals surface area contributed by atoms with Crippen molar-refractivity contribution in [2.75, 3.05) is 13.2 Å². The molecule has 0 spiro atoms. The van der Waals surface area contributed by atoms with Crippen molar-refractivity contribution in [2.24, 2.45) is 0 Å². The van der Waals surface area contributed by atoms with Crippen molar-refractivity contribution in [3.05, 3.63) is 23.2 Å². The minimum absolute atomic E-state index is 0.0268. The van der Waals surface area contributed by atoms with Gasteiger partial charge in [0.1, 0.15) is 11.5 Å². The second-order valence-corrected chi connectivity index (χ2v) is 3.37. The summed E-state index contributed by atoms with van der Waals surface area (Å²) in [7, 11) is 0. The first kappa shape index (κ1) is 11.7. The zero-order valence-electron chi connectivity index (χ0n) is 8.78. The van der Waals surface area contributed by atoms with E-state index >= 15 is 0 Å². The van der Waals surface area contributed by atoms with Gasteiger partial charge in [-0.25, -0.2) is 0 Å². The van der Waals surface area contributed by atoms with Crippen LogP contribution in [-0.4, -0.2) is 35.4 Å². The second-order valence-electron chi connectivity index (χ2n) is 3.37. The molecule has 0 radical (unpaired) electrons. The van der Waals surface area contributed by atoms with Crippen LogP contribution in [0.25, 0.3) is 0 Å². The fourth-order valence-electron chi connectivity index (χ4n) is 1.23. The molecule has 1 aromatic heterocycles. The standard InChI is InChI=1S/C10H15NO4/c1-6-3-9(7(2)15-6)10(14)11-4-8(13)5-12/h3,8,12-13H,4-5H2,1-2H3,(H,11,14). The lowest BCUT2D eigenvalue weighted by atomic mass is 10.2. The van der Waals surface area contributed by atoms with E-state index in [4.69, 9.17) is 14.6 Å². The fourth-order valence-corrected chi connectivity index (χ4v) is 1.23. The van der Waals surface area contributed by atoms with Gasteiger partial charge in [0.05, 0.1) is 18.3 Å². The minimum atomic E-state index is -0.928. The summed E-state index contributed by atoms with van der Waals surface area (Å²) in [5.41, 5.74) is 0.456. The average molecular weight is 213 g/mol. The van der Waals surface area contributed by atoms with Crippen LogP contribution in [0.2, 0.25) is 0 Å². The molecule has 0 bridgehead atoms. The van der Waals surface area contributed by atoms with Gasteiger partial charge in [-0.2, -0.15) is 0 Å². The molecule has 5 nitrogen and oxygen atoms in total. The van der Waals surface area contributed by atoms with Crippen LogP contribution in [0.4, 0.5) is 0 Å². The maximum Gasteiger partial charge on any atom is 0.254 e. The lowest BCUT2D eigenvalue weighted by Crippen LogP contribution is -2.33. The molecule has 1 aromatic rings. The van der Waals surface area contributed by atoms with E-state index in [0.717, 1.165) is 0 Å². The summed E-state index contributed by atoms with van der Waals surface area (Å²) in [5.74, 6) is 0.903. The van der Waals surface area contributed by atoms with Gasteiger partial charge in [-0.1, -0.05) is 0 Å². The van der Waals surface area contributed by atoms with Crippen LogP contribution in [0.15, 0.2) is 10.5 Å². The maximum absolute atomic E-state index is 11.5. The van der Waals surface area contributed by atoms with Gasteiger partial charge in [0.2, 0.25) is 0 Å². The minimum Gasteiger partial charge on any atom is -0.466 e. The van der Waals surface area contributed by atoms with E-state index in [-0.39, 0.29) is 19.1 Å². The molecule has 0 aromatic carbocycles. The Kier molecular flexibility index (Phi) is 3.88. The molecule has 0 saturated heterocycles. The molecule has 84 valence electrons. The highest BCUT2D eigenvalue weighted by molar-refractivity contribution is 5.95. The van der Waals surface area contributed by atoms with Gasteiger partial charge < -0.3 is 19.9 Å². The monoisotopic (exact) mass is 213 g/mol. The zero-order chi connectivity index (χ0) is 11.4. The van der Waals surface area contributed by atoms with Gasteiger partial charge in [0, 0.05) is 6.54 Å². The Bertz CT molecular complexity index is 345. The quantitative estimate of drug-likeness (QED) is 0.656. The molecule has 1 atom stereocenters. The molecule has 1 amide bonds. The third kappa shape index (κ3) is 3.07. The smallest absolute Gasteiger partial charge is 0.254 e. The molecule has 1 rings (SSSR count). The van der Waals surface area contributed by atoms with Crippen molar-refractivity contribution in [1.29, 1.82) is 0 Å². The van der Waals surface area contributed by atoms with Crippen LogP contribution >= 0.6 is 0 Å². The van der Waals surface area contributed by atoms with E-state index in [9.17, 15) is 4.79 Å². The first-order valence-electron chi connectivity index (χ1n) is 4.68. The summed E-state index contributed by atoms with van der Waals surface area (Å²) < 4.78 is 5.20. The first-order valence-corrected chi connectivity index (χ1v) is 4.68. The molecule has 15 heavy (non-hydrogen) atoms. The number of nitrogens with one attached hydrogen (secondary N) is 1. The Balaban J connectivity index is 2.58. The van der Waals surface area contributed by atoms with E-state index in [1.165, 1.54) is 0 Å². The Morgan fingerprint density at radius 3 is 2.73 bits per heavy atom. The average Bonchev–Trinajstić information content (AvgIpc) is 2.53. The number of amides is 1. The van der Waals surface area contributed by atoms with Crippen LogP contribution in [0, 0.1) is 13.8 Å². The summed E-state index contributed by atoms with van der Waals surface area (Å²) in [5, 5.41) is 20.1. The molecular formula is C10H15NO4. The number of aliphatic hydroxyl groups excluding tert-OH is 2. The number of rotatable bonds is 4. The maximum atomic E-state index is 11.5. The lowest BCUT2D eigenvalue weighted by Gasteiger charge is -2.07. The number of aryl methyl sites for hydroxylation is 2. The Morgan fingerprint density at radius 2 is 2.27 bits per heavy atom. The molecule has 1 heterocycles. The lowest BCUT2D eigenvalue weighted by molar-refractivity contribution is 0.0801.